The van der Waals surface area contributed by atoms with Gasteiger partial charge in [-0.15, -0.1) is 0 Å². The number of hydrogen-bond acceptors (Lipinski definition) is 12. The molecule has 10 atom stereocenters. The van der Waals surface area contributed by atoms with Crippen LogP contribution in [0.5, 0.6) is 0 Å². The molecule has 0 spiro atoms. The van der Waals surface area contributed by atoms with Gasteiger partial charge in [-0.1, -0.05) is 114 Å². The van der Waals surface area contributed by atoms with Crippen molar-refractivity contribution in [2.45, 2.75) is 253 Å². The highest BCUT2D eigenvalue weighted by molar-refractivity contribution is 5.93. The molecule has 5 aliphatic rings. The van der Waals surface area contributed by atoms with Crippen molar-refractivity contribution in [1.29, 1.82) is 0 Å². The average Bonchev–Trinajstić information content (AvgIpc) is 1.32. The topological polar surface area (TPSA) is 237 Å². The van der Waals surface area contributed by atoms with Crippen LogP contribution in [-0.2, 0) is 47.7 Å². The van der Waals surface area contributed by atoms with E-state index in [1.165, 1.54) is 50.5 Å². The van der Waals surface area contributed by atoms with Crippen molar-refractivity contribution in [3.05, 3.63) is 71.3 Å². The summed E-state index contributed by atoms with van der Waals surface area (Å²) < 4.78 is 22.7. The summed E-state index contributed by atoms with van der Waals surface area (Å²) >= 11 is 0. The van der Waals surface area contributed by atoms with Gasteiger partial charge in [0.25, 0.3) is 0 Å². The Morgan fingerprint density at radius 1 is 0.598 bits per heavy atom. The number of carbonyl (C=O) groups excluding carboxylic acids is 8. The Kier molecular flexibility index (Phi) is 25.1. The molecule has 3 unspecified atom stereocenters. The minimum Gasteiger partial charge on any atom is -0.460 e. The van der Waals surface area contributed by atoms with Crippen LogP contribution < -0.4 is 26.6 Å². The quantitative estimate of drug-likeness (QED) is 0.0232. The van der Waals surface area contributed by atoms with Gasteiger partial charge in [-0.3, -0.25) is 28.8 Å². The SMILES string of the molecule is CC(C)CCC[C@@H](C)[C@H]1CCC2C3CC=C4C[C@@H](N(CCCNC(=O)[C@H](CCC(=O)OC(C)(C)C)NC(=O)[C@H](CCC(=O)OC(C)(C)C)NC(=O)CCNC(=O)CCNC(=O)OCC5c6ccccc6-c6ccccc65)C(=O)OC(C)(C)C)CC[C@]4(C)C3CC[C@@]21C. The van der Waals surface area contributed by atoms with E-state index in [9.17, 15) is 38.4 Å². The smallest absolute Gasteiger partial charge is 0.410 e. The van der Waals surface area contributed by atoms with Gasteiger partial charge < -0.3 is 50.4 Å². The highest BCUT2D eigenvalue weighted by Gasteiger charge is 2.59. The Labute approximate surface area is 549 Å². The number of alkyl carbamates (subject to hydrolysis) is 1. The molecule has 0 aliphatic heterocycles. The third-order valence-corrected chi connectivity index (χ3v) is 20.3. The second kappa shape index (κ2) is 31.6. The third-order valence-electron chi connectivity index (χ3n) is 20.3. The number of fused-ring (bicyclic) bond motifs is 8. The van der Waals surface area contributed by atoms with Gasteiger partial charge in [0, 0.05) is 63.8 Å². The standard InChI is InChI=1S/C74H112N6O12/c1-47(2)21-19-22-48(3)57-29-30-58-55-28-27-49-45-50(35-39-73(49,13)59(55)36-40-74(57,58)14)80(69(88)92-72(10,11)12)44-20-41-76-66(85)60(31-33-64(83)90-70(4,5)6)79-67(86)61(32-34-65(84)91-71(7,8)9)78-63(82)38-42-75-62(81)37-43-77-68(87)89-46-56-53-25-17-15-23-51(53)52-24-16-18-26-54(52)56/h15-18,23-27,47-48,50,55-61H,19-22,28-46H2,1-14H3,(H,75,81)(H,76,85)(H,77,87)(H,78,82)(H,79,86)/t48-,50+,55?,57-,58?,59?,60+,61+,73+,74-/m1/s1. The molecule has 18 heteroatoms. The maximum absolute atomic E-state index is 14.3. The second-order valence-corrected chi connectivity index (χ2v) is 31.0. The fourth-order valence-corrected chi connectivity index (χ4v) is 16.0. The molecule has 3 saturated carbocycles. The van der Waals surface area contributed by atoms with Crippen LogP contribution in [0, 0.1) is 46.3 Å². The monoisotopic (exact) mass is 1280 g/mol. The molecular weight excluding hydrogens is 1160 g/mol. The van der Waals surface area contributed by atoms with E-state index in [2.05, 4.69) is 67.3 Å². The van der Waals surface area contributed by atoms with Crippen molar-refractivity contribution in [3.8, 4) is 11.1 Å². The predicted molar refractivity (Wildman–Crippen MR) is 357 cm³/mol. The number of benzene rings is 2. The lowest BCUT2D eigenvalue weighted by molar-refractivity contribution is -0.156. The zero-order chi connectivity index (χ0) is 67.3. The maximum Gasteiger partial charge on any atom is 0.410 e. The summed E-state index contributed by atoms with van der Waals surface area (Å²) in [6, 6.07) is 13.3. The number of esters is 2. The van der Waals surface area contributed by atoms with Gasteiger partial charge >= 0.3 is 24.1 Å². The first-order valence-electron chi connectivity index (χ1n) is 34.6. The number of ether oxygens (including phenoxy) is 4. The number of amides is 6. The first-order valence-corrected chi connectivity index (χ1v) is 34.6. The first kappa shape index (κ1) is 73.0. The van der Waals surface area contributed by atoms with E-state index >= 15 is 0 Å². The number of hydrogen-bond donors (Lipinski definition) is 5. The van der Waals surface area contributed by atoms with Crippen LogP contribution in [0.4, 0.5) is 9.59 Å². The number of rotatable bonds is 28. The summed E-state index contributed by atoms with van der Waals surface area (Å²) in [6.07, 6.45) is 13.5. The Hall–Kier alpha value is -6.46. The van der Waals surface area contributed by atoms with E-state index in [1.807, 2.05) is 74.2 Å². The van der Waals surface area contributed by atoms with E-state index in [0.717, 1.165) is 71.6 Å². The lowest BCUT2D eigenvalue weighted by Crippen LogP contribution is -2.54. The molecule has 510 valence electrons. The largest absolute Gasteiger partial charge is 0.460 e. The summed E-state index contributed by atoms with van der Waals surface area (Å²) in [7, 11) is 0. The molecule has 0 radical (unpaired) electrons. The molecule has 6 amide bonds. The molecular formula is C74H112N6O12. The average molecular weight is 1280 g/mol. The van der Waals surface area contributed by atoms with Crippen LogP contribution in [-0.4, -0.2) is 120 Å². The number of nitrogens with one attached hydrogen (secondary N) is 5. The summed E-state index contributed by atoms with van der Waals surface area (Å²) in [5.74, 6) is 0.566. The highest BCUT2D eigenvalue weighted by atomic mass is 16.6. The van der Waals surface area contributed by atoms with Gasteiger partial charge in [0.15, 0.2) is 0 Å². The minimum atomic E-state index is -1.33. The molecule has 0 saturated heterocycles. The van der Waals surface area contributed by atoms with Crippen LogP contribution in [0.15, 0.2) is 60.2 Å². The lowest BCUT2D eigenvalue weighted by Gasteiger charge is -2.59. The molecule has 0 aromatic heterocycles. The molecule has 5 aliphatic carbocycles. The fourth-order valence-electron chi connectivity index (χ4n) is 16.0. The van der Waals surface area contributed by atoms with Gasteiger partial charge in [-0.25, -0.2) is 9.59 Å². The zero-order valence-corrected chi connectivity index (χ0v) is 58.1. The third kappa shape index (κ3) is 20.0. The molecule has 0 heterocycles. The van der Waals surface area contributed by atoms with Crippen molar-refractivity contribution in [2.24, 2.45) is 46.3 Å². The van der Waals surface area contributed by atoms with E-state index in [0.29, 0.717) is 30.2 Å². The second-order valence-electron chi connectivity index (χ2n) is 31.0. The predicted octanol–water partition coefficient (Wildman–Crippen LogP) is 12.8. The van der Waals surface area contributed by atoms with Gasteiger partial charge in [-0.05, 0) is 202 Å². The van der Waals surface area contributed by atoms with E-state index in [1.54, 1.807) is 41.5 Å². The lowest BCUT2D eigenvalue weighted by atomic mass is 9.46. The Morgan fingerprint density at radius 2 is 1.18 bits per heavy atom. The molecule has 2 aromatic rings. The Balaban J connectivity index is 0.939. The van der Waals surface area contributed by atoms with Crippen LogP contribution in [0.2, 0.25) is 0 Å². The highest BCUT2D eigenvalue weighted by Crippen LogP contribution is 2.67. The van der Waals surface area contributed by atoms with Crippen LogP contribution in [0.25, 0.3) is 11.1 Å². The number of allylic oxidation sites excluding steroid dienone is 1. The van der Waals surface area contributed by atoms with Crippen LogP contribution >= 0.6 is 0 Å². The zero-order valence-electron chi connectivity index (χ0n) is 58.1. The molecule has 2 aromatic carbocycles. The fraction of sp³-hybridized carbons (Fsp3) is 0.703. The molecule has 7 rings (SSSR count). The molecule has 0 bridgehead atoms. The Morgan fingerprint density at radius 3 is 1.79 bits per heavy atom. The van der Waals surface area contributed by atoms with Crippen LogP contribution in [0.3, 0.4) is 0 Å². The molecule has 92 heavy (non-hydrogen) atoms. The van der Waals surface area contributed by atoms with Gasteiger partial charge in [0.2, 0.25) is 23.6 Å². The maximum atomic E-state index is 14.3. The van der Waals surface area contributed by atoms with Crippen molar-refractivity contribution in [1.82, 2.24) is 31.5 Å². The summed E-state index contributed by atoms with van der Waals surface area (Å²) in [4.78, 5) is 110. The molecule has 5 N–H and O–H groups in total. The minimum absolute atomic E-state index is 0.0208. The summed E-state index contributed by atoms with van der Waals surface area (Å²) in [6.45, 7) is 28.7. The van der Waals surface area contributed by atoms with Crippen molar-refractivity contribution >= 4 is 47.8 Å². The van der Waals surface area contributed by atoms with E-state index in [4.69, 9.17) is 18.9 Å². The van der Waals surface area contributed by atoms with Crippen molar-refractivity contribution in [3.63, 3.8) is 0 Å². The van der Waals surface area contributed by atoms with Crippen molar-refractivity contribution < 1.29 is 57.3 Å². The molecule has 3 fully saturated rings. The summed E-state index contributed by atoms with van der Waals surface area (Å²) in [5, 5.41) is 13.7. The molecule has 18 nitrogen and oxygen atoms in total. The van der Waals surface area contributed by atoms with E-state index < -0.39 is 76.6 Å². The van der Waals surface area contributed by atoms with Crippen LogP contribution in [0.1, 0.15) is 230 Å². The van der Waals surface area contributed by atoms with Crippen molar-refractivity contribution in [2.75, 3.05) is 32.8 Å². The normalized spacial score (nSPS) is 23.5. The van der Waals surface area contributed by atoms with Gasteiger partial charge in [-0.2, -0.15) is 0 Å². The number of carbonyl (C=O) groups is 8. The Bertz CT molecular complexity index is 2890. The summed E-state index contributed by atoms with van der Waals surface area (Å²) in [5.41, 5.74) is 3.90. The van der Waals surface area contributed by atoms with E-state index in [-0.39, 0.29) is 82.1 Å². The number of nitrogens with zero attached hydrogens (tertiary/aromatic N) is 1. The van der Waals surface area contributed by atoms with Gasteiger partial charge in [0.1, 0.15) is 35.5 Å². The van der Waals surface area contributed by atoms with Gasteiger partial charge in [0.05, 0.1) is 0 Å². The first-order chi connectivity index (χ1) is 43.2.